The number of nitrogens with zero attached hydrogens (tertiary/aromatic N) is 2. The van der Waals surface area contributed by atoms with Crippen LogP contribution >= 0.6 is 0 Å². The number of carbonyl (C=O) groups is 1. The zero-order chi connectivity index (χ0) is 9.97. The largest absolute Gasteiger partial charge is 0.288 e. The van der Waals surface area contributed by atoms with Crippen molar-refractivity contribution in [3.63, 3.8) is 0 Å². The summed E-state index contributed by atoms with van der Waals surface area (Å²) in [5.41, 5.74) is 2.96. The van der Waals surface area contributed by atoms with E-state index in [9.17, 15) is 4.79 Å². The highest BCUT2D eigenvalue weighted by atomic mass is 16.5. The first-order valence-electron chi connectivity index (χ1n) is 3.97. The Morgan fingerprint density at radius 1 is 1.29 bits per heavy atom. The van der Waals surface area contributed by atoms with Crippen molar-refractivity contribution in [1.82, 2.24) is 15.4 Å². The van der Waals surface area contributed by atoms with E-state index in [4.69, 9.17) is 5.21 Å². The minimum absolute atomic E-state index is 0.304. The third kappa shape index (κ3) is 1.29. The Balaban J connectivity index is 2.71. The number of fused-ring (bicyclic) bond motifs is 1. The first-order chi connectivity index (χ1) is 6.83. The molecule has 5 heteroatoms. The second-order valence-corrected chi connectivity index (χ2v) is 2.67. The van der Waals surface area contributed by atoms with E-state index in [1.54, 1.807) is 29.9 Å². The van der Waals surface area contributed by atoms with Crippen LogP contribution in [0.4, 0.5) is 0 Å². The molecule has 1 aromatic heterocycles. The van der Waals surface area contributed by atoms with Crippen molar-refractivity contribution in [2.45, 2.75) is 0 Å². The number of hydroxylamine groups is 1. The molecule has 1 aromatic carbocycles. The van der Waals surface area contributed by atoms with Gasteiger partial charge in [-0.15, -0.1) is 0 Å². The van der Waals surface area contributed by atoms with E-state index in [0.717, 1.165) is 0 Å². The second kappa shape index (κ2) is 3.39. The highest BCUT2D eigenvalue weighted by Crippen LogP contribution is 2.12. The molecule has 1 amide bonds. The van der Waals surface area contributed by atoms with Crippen LogP contribution in [0.15, 0.2) is 30.6 Å². The van der Waals surface area contributed by atoms with Crippen molar-refractivity contribution in [3.8, 4) is 0 Å². The molecule has 70 valence electrons. The molecule has 0 bridgehead atoms. The second-order valence-electron chi connectivity index (χ2n) is 2.67. The number of nitrogens with one attached hydrogen (secondary N) is 1. The van der Waals surface area contributed by atoms with Crippen LogP contribution in [0.25, 0.3) is 11.0 Å². The molecule has 0 radical (unpaired) electrons. The fraction of sp³-hybridized carbons (Fsp3) is 0. The average Bonchev–Trinajstić information content (AvgIpc) is 2.27. The molecule has 0 fully saturated rings. The van der Waals surface area contributed by atoms with Crippen molar-refractivity contribution < 1.29 is 10.0 Å². The lowest BCUT2D eigenvalue weighted by Gasteiger charge is -2.01. The van der Waals surface area contributed by atoms with Crippen molar-refractivity contribution >= 4 is 16.9 Å². The van der Waals surface area contributed by atoms with Gasteiger partial charge in [0, 0.05) is 12.4 Å². The lowest BCUT2D eigenvalue weighted by atomic mass is 10.1. The summed E-state index contributed by atoms with van der Waals surface area (Å²) in [4.78, 5) is 19.2. The fourth-order valence-electron chi connectivity index (χ4n) is 1.24. The zero-order valence-corrected chi connectivity index (χ0v) is 7.14. The van der Waals surface area contributed by atoms with E-state index in [1.165, 1.54) is 6.20 Å². The summed E-state index contributed by atoms with van der Waals surface area (Å²) in [5, 5.41) is 8.50. The van der Waals surface area contributed by atoms with E-state index in [1.807, 2.05) is 0 Å². The lowest BCUT2D eigenvalue weighted by Crippen LogP contribution is -2.19. The third-order valence-electron chi connectivity index (χ3n) is 1.84. The molecule has 0 saturated heterocycles. The predicted molar refractivity (Wildman–Crippen MR) is 48.8 cm³/mol. The molecule has 0 unspecified atom stereocenters. The molecule has 2 rings (SSSR count). The van der Waals surface area contributed by atoms with Crippen LogP contribution in [0.3, 0.4) is 0 Å². The monoisotopic (exact) mass is 189 g/mol. The number of rotatable bonds is 1. The molecule has 2 N–H and O–H groups in total. The van der Waals surface area contributed by atoms with Gasteiger partial charge in [0.05, 0.1) is 11.1 Å². The maximum atomic E-state index is 11.2. The van der Waals surface area contributed by atoms with Crippen LogP contribution in [0, 0.1) is 0 Å². The summed E-state index contributed by atoms with van der Waals surface area (Å²) in [7, 11) is 0. The third-order valence-corrected chi connectivity index (χ3v) is 1.84. The molecule has 5 nitrogen and oxygen atoms in total. The molecule has 0 aliphatic carbocycles. The number of carbonyl (C=O) groups excluding carboxylic acids is 1. The van der Waals surface area contributed by atoms with E-state index in [0.29, 0.717) is 16.6 Å². The normalized spacial score (nSPS) is 10.1. The standard InChI is InChI=1S/C9H7N3O2/c13-9(12-14)6-2-1-3-7-8(6)11-5-4-10-7/h1-5,14H,(H,12,13). The molecule has 0 aliphatic heterocycles. The van der Waals surface area contributed by atoms with E-state index < -0.39 is 5.91 Å². The van der Waals surface area contributed by atoms with Gasteiger partial charge in [-0.05, 0) is 12.1 Å². The molecular weight excluding hydrogens is 182 g/mol. The lowest BCUT2D eigenvalue weighted by molar-refractivity contribution is 0.0708. The van der Waals surface area contributed by atoms with E-state index in [-0.39, 0.29) is 0 Å². The smallest absolute Gasteiger partial charge is 0.276 e. The van der Waals surface area contributed by atoms with Crippen molar-refractivity contribution in [3.05, 3.63) is 36.2 Å². The average molecular weight is 189 g/mol. The Morgan fingerprint density at radius 2 is 2.07 bits per heavy atom. The van der Waals surface area contributed by atoms with Crippen molar-refractivity contribution in [2.24, 2.45) is 0 Å². The van der Waals surface area contributed by atoms with Gasteiger partial charge in [-0.2, -0.15) is 0 Å². The molecule has 0 saturated carbocycles. The number of benzene rings is 1. The van der Waals surface area contributed by atoms with Gasteiger partial charge in [0.15, 0.2) is 0 Å². The summed E-state index contributed by atoms with van der Waals surface area (Å²) in [5.74, 6) is -0.587. The minimum Gasteiger partial charge on any atom is -0.288 e. The molecule has 14 heavy (non-hydrogen) atoms. The van der Waals surface area contributed by atoms with Crippen LogP contribution in [0.1, 0.15) is 10.4 Å². The zero-order valence-electron chi connectivity index (χ0n) is 7.14. The van der Waals surface area contributed by atoms with Gasteiger partial charge in [0.2, 0.25) is 0 Å². The predicted octanol–water partition coefficient (Wildman–Crippen LogP) is 0.749. The number of hydrogen-bond donors (Lipinski definition) is 2. The highest BCUT2D eigenvalue weighted by molar-refractivity contribution is 6.03. The Bertz CT molecular complexity index is 479. The van der Waals surface area contributed by atoms with Crippen LogP contribution in [0.2, 0.25) is 0 Å². The van der Waals surface area contributed by atoms with Crippen molar-refractivity contribution in [1.29, 1.82) is 0 Å². The Morgan fingerprint density at radius 3 is 2.86 bits per heavy atom. The summed E-state index contributed by atoms with van der Waals surface area (Å²) < 4.78 is 0. The number of para-hydroxylation sites is 1. The molecule has 0 spiro atoms. The summed E-state index contributed by atoms with van der Waals surface area (Å²) in [6.45, 7) is 0. The van der Waals surface area contributed by atoms with Crippen LogP contribution in [0.5, 0.6) is 0 Å². The molecule has 1 heterocycles. The van der Waals surface area contributed by atoms with Gasteiger partial charge in [0.1, 0.15) is 5.52 Å². The maximum Gasteiger partial charge on any atom is 0.276 e. The summed E-state index contributed by atoms with van der Waals surface area (Å²) >= 11 is 0. The summed E-state index contributed by atoms with van der Waals surface area (Å²) in [6, 6.07) is 5.00. The Hall–Kier alpha value is -2.01. The van der Waals surface area contributed by atoms with Gasteiger partial charge in [0.25, 0.3) is 5.91 Å². The Kier molecular flexibility index (Phi) is 2.08. The minimum atomic E-state index is -0.587. The van der Waals surface area contributed by atoms with Crippen LogP contribution in [-0.2, 0) is 0 Å². The number of aromatic nitrogens is 2. The topological polar surface area (TPSA) is 75.1 Å². The van der Waals surface area contributed by atoms with Gasteiger partial charge in [-0.3, -0.25) is 20.0 Å². The first-order valence-corrected chi connectivity index (χ1v) is 3.97. The summed E-state index contributed by atoms with van der Waals surface area (Å²) in [6.07, 6.45) is 3.04. The van der Waals surface area contributed by atoms with Gasteiger partial charge >= 0.3 is 0 Å². The SMILES string of the molecule is O=C(NO)c1cccc2nccnc12. The van der Waals surface area contributed by atoms with Gasteiger partial charge in [-0.25, -0.2) is 5.48 Å². The molecular formula is C9H7N3O2. The van der Waals surface area contributed by atoms with E-state index >= 15 is 0 Å². The highest BCUT2D eigenvalue weighted by Gasteiger charge is 2.09. The molecule has 0 aliphatic rings. The van der Waals surface area contributed by atoms with Gasteiger partial charge < -0.3 is 0 Å². The van der Waals surface area contributed by atoms with Crippen molar-refractivity contribution in [2.75, 3.05) is 0 Å². The fourth-order valence-corrected chi connectivity index (χ4v) is 1.24. The maximum absolute atomic E-state index is 11.2. The quantitative estimate of drug-likeness (QED) is 0.512. The van der Waals surface area contributed by atoms with E-state index in [2.05, 4.69) is 9.97 Å². The number of hydrogen-bond acceptors (Lipinski definition) is 4. The van der Waals surface area contributed by atoms with Gasteiger partial charge in [-0.1, -0.05) is 6.07 Å². The number of amides is 1. The molecule has 0 atom stereocenters. The Labute approximate surface area is 79.4 Å². The first kappa shape index (κ1) is 8.58. The van der Waals surface area contributed by atoms with Crippen LogP contribution in [-0.4, -0.2) is 21.1 Å². The van der Waals surface area contributed by atoms with Crippen LogP contribution < -0.4 is 5.48 Å². The molecule has 2 aromatic rings.